The minimum atomic E-state index is 0.500. The molecule has 0 nitrogen and oxygen atoms in total. The molecule has 0 aliphatic rings. The maximum absolute atomic E-state index is 9.50. The Morgan fingerprint density at radius 2 is 0.750 bits per heavy atom. The summed E-state index contributed by atoms with van der Waals surface area (Å²) in [6.07, 6.45) is 0. The number of hydrogen-bond acceptors (Lipinski definition) is 0. The molecule has 0 spiro atoms. The molecule has 0 rings (SSSR count). The lowest BCUT2D eigenvalue weighted by atomic mass is 11.9. The van der Waals surface area contributed by atoms with Crippen LogP contribution in [-0.4, -0.2) is 14.4 Å². The molecule has 0 saturated heterocycles. The van der Waals surface area contributed by atoms with Gasteiger partial charge in [-0.2, -0.15) is 0 Å². The molecule has 2 heteroatoms. The van der Waals surface area contributed by atoms with Crippen molar-refractivity contribution in [2.24, 2.45) is 0 Å². The van der Waals surface area contributed by atoms with Gasteiger partial charge in [0.25, 0.3) is 0 Å². The van der Waals surface area contributed by atoms with Crippen LogP contribution in [0.2, 0.25) is 0 Å². The van der Waals surface area contributed by atoms with Gasteiger partial charge in [-0.1, -0.05) is 0 Å². The van der Waals surface area contributed by atoms with Crippen LogP contribution in [0.25, 0.3) is 0 Å². The molecule has 0 bridgehead atoms. The monoisotopic (exact) mass is 68.0 g/mol. The quantitative estimate of drug-likeness (QED) is 0.399. The van der Waals surface area contributed by atoms with E-state index in [1.165, 1.54) is 0 Å². The fourth-order valence-electron chi connectivity index (χ4n) is 0. The Hall–Kier alpha value is -0.140. The maximum atomic E-state index is 9.50. The van der Waals surface area contributed by atoms with Gasteiger partial charge in [0, 0.05) is 0 Å². The SMILES string of the molecule is CF.CF. The van der Waals surface area contributed by atoms with Crippen LogP contribution in [0.1, 0.15) is 0 Å². The number of rotatable bonds is 0. The van der Waals surface area contributed by atoms with Crippen LogP contribution in [0.4, 0.5) is 8.78 Å². The summed E-state index contributed by atoms with van der Waals surface area (Å²) < 4.78 is 19.0. The topological polar surface area (TPSA) is 0 Å². The molecule has 0 heterocycles. The zero-order chi connectivity index (χ0) is 4.00. The fourth-order valence-corrected chi connectivity index (χ4v) is 0. The van der Waals surface area contributed by atoms with Gasteiger partial charge in [-0.15, -0.1) is 0 Å². The normalized spacial score (nSPS) is 3.00. The lowest BCUT2D eigenvalue weighted by Gasteiger charge is -1.10. The second-order valence-electron chi connectivity index (χ2n) is 0. The lowest BCUT2D eigenvalue weighted by molar-refractivity contribution is 0.635. The largest absolute Gasteiger partial charge is 0.255 e. The van der Waals surface area contributed by atoms with E-state index in [-0.39, 0.29) is 0 Å². The summed E-state index contributed by atoms with van der Waals surface area (Å²) >= 11 is 0. The van der Waals surface area contributed by atoms with Gasteiger partial charge in [0.05, 0.1) is 14.4 Å². The van der Waals surface area contributed by atoms with Gasteiger partial charge >= 0.3 is 0 Å². The minimum Gasteiger partial charge on any atom is -0.255 e. The average molecular weight is 68.1 g/mol. The van der Waals surface area contributed by atoms with Crippen LogP contribution >= 0.6 is 0 Å². The maximum Gasteiger partial charge on any atom is 0.0785 e. The Morgan fingerprint density at radius 1 is 0.750 bits per heavy atom. The molecule has 0 aliphatic carbocycles. The average Bonchev–Trinajstić information content (AvgIpc) is 1.50. The number of hydrogen-bond donors (Lipinski definition) is 0. The molecule has 0 radical (unpaired) electrons. The van der Waals surface area contributed by atoms with Crippen LogP contribution in [0.5, 0.6) is 0 Å². The summed E-state index contributed by atoms with van der Waals surface area (Å²) in [5, 5.41) is 0. The summed E-state index contributed by atoms with van der Waals surface area (Å²) in [5.41, 5.74) is 0. The third kappa shape index (κ3) is 70.2. The summed E-state index contributed by atoms with van der Waals surface area (Å²) in [6, 6.07) is 0. The van der Waals surface area contributed by atoms with E-state index in [9.17, 15) is 8.78 Å². The number of halogens is 2. The van der Waals surface area contributed by atoms with Crippen LogP contribution in [0, 0.1) is 0 Å². The predicted molar refractivity (Wildman–Crippen MR) is 14.1 cm³/mol. The van der Waals surface area contributed by atoms with Gasteiger partial charge in [-0.05, 0) is 0 Å². The highest BCUT2D eigenvalue weighted by molar-refractivity contribution is 3.23. The predicted octanol–water partition coefficient (Wildman–Crippen LogP) is 1.17. The van der Waals surface area contributed by atoms with E-state index in [0.717, 1.165) is 0 Å². The smallest absolute Gasteiger partial charge is 0.0785 e. The van der Waals surface area contributed by atoms with Crippen molar-refractivity contribution in [2.45, 2.75) is 0 Å². The van der Waals surface area contributed by atoms with Crippen molar-refractivity contribution in [1.82, 2.24) is 0 Å². The van der Waals surface area contributed by atoms with E-state index >= 15 is 0 Å². The van der Waals surface area contributed by atoms with E-state index in [1.54, 1.807) is 0 Å². The third-order valence-corrected chi connectivity index (χ3v) is 0. The Kier molecular flexibility index (Phi) is 1150. The Labute approximate surface area is 24.4 Å². The second kappa shape index (κ2) is 505. The second-order valence-corrected chi connectivity index (χ2v) is 0. The van der Waals surface area contributed by atoms with Crippen molar-refractivity contribution in [3.05, 3.63) is 0 Å². The highest BCUT2D eigenvalue weighted by Crippen LogP contribution is 1.16. The van der Waals surface area contributed by atoms with Crippen LogP contribution < -0.4 is 0 Å². The van der Waals surface area contributed by atoms with Gasteiger partial charge in [0.1, 0.15) is 0 Å². The first-order chi connectivity index (χ1) is 2.00. The Morgan fingerprint density at radius 3 is 0.750 bits per heavy atom. The van der Waals surface area contributed by atoms with Gasteiger partial charge in [-0.3, -0.25) is 8.78 Å². The molecule has 0 aromatic heterocycles. The number of alkyl halides is 2. The molecule has 0 atom stereocenters. The molecule has 28 valence electrons. The molecule has 0 aromatic rings. The minimum absolute atomic E-state index is 0.500. The van der Waals surface area contributed by atoms with Crippen molar-refractivity contribution in [2.75, 3.05) is 14.4 Å². The first kappa shape index (κ1) is 9.13. The van der Waals surface area contributed by atoms with Gasteiger partial charge < -0.3 is 0 Å². The van der Waals surface area contributed by atoms with E-state index in [1.807, 2.05) is 0 Å². The Balaban J connectivity index is 0. The zero-order valence-electron chi connectivity index (χ0n) is 2.76. The van der Waals surface area contributed by atoms with Crippen LogP contribution in [-0.2, 0) is 0 Å². The fraction of sp³-hybridized carbons (Fsp3) is 1.00. The van der Waals surface area contributed by atoms with E-state index < -0.39 is 0 Å². The van der Waals surface area contributed by atoms with Crippen molar-refractivity contribution >= 4 is 0 Å². The first-order valence-electron chi connectivity index (χ1n) is 0.756. The molecule has 0 aromatic carbocycles. The van der Waals surface area contributed by atoms with E-state index in [2.05, 4.69) is 0 Å². The van der Waals surface area contributed by atoms with Gasteiger partial charge in [0.2, 0.25) is 0 Å². The molecule has 0 aliphatic heterocycles. The molecular formula is C2H6F2. The summed E-state index contributed by atoms with van der Waals surface area (Å²) in [7, 11) is 1.00. The molecule has 0 N–H and O–H groups in total. The molecule has 0 saturated carbocycles. The third-order valence-electron chi connectivity index (χ3n) is 0. The van der Waals surface area contributed by atoms with E-state index in [4.69, 9.17) is 0 Å². The van der Waals surface area contributed by atoms with Crippen LogP contribution in [0.15, 0.2) is 0 Å². The molecule has 0 amide bonds. The highest BCUT2D eigenvalue weighted by atomic mass is 19.1. The van der Waals surface area contributed by atoms with Crippen molar-refractivity contribution in [1.29, 1.82) is 0 Å². The Bertz CT molecular complexity index is 4.00. The van der Waals surface area contributed by atoms with Gasteiger partial charge in [-0.25, -0.2) is 0 Å². The van der Waals surface area contributed by atoms with Gasteiger partial charge in [0.15, 0.2) is 0 Å². The molecule has 0 unspecified atom stereocenters. The summed E-state index contributed by atoms with van der Waals surface area (Å²) in [4.78, 5) is 0. The molecule has 4 heavy (non-hydrogen) atoms. The summed E-state index contributed by atoms with van der Waals surface area (Å²) in [6.45, 7) is 0. The van der Waals surface area contributed by atoms with Crippen molar-refractivity contribution in [3.8, 4) is 0 Å². The molecule has 0 fully saturated rings. The highest BCUT2D eigenvalue weighted by Gasteiger charge is 0.928. The van der Waals surface area contributed by atoms with Crippen molar-refractivity contribution < 1.29 is 8.78 Å². The van der Waals surface area contributed by atoms with Crippen molar-refractivity contribution in [3.63, 3.8) is 0 Å². The lowest BCUT2D eigenvalue weighted by Crippen LogP contribution is -0.939. The standard InChI is InChI=1S/2CH3F/c2*1-2/h2*1H3. The first-order valence-corrected chi connectivity index (χ1v) is 0.756. The summed E-state index contributed by atoms with van der Waals surface area (Å²) in [5.74, 6) is 0. The zero-order valence-corrected chi connectivity index (χ0v) is 2.76. The molecular weight excluding hydrogens is 62.0 g/mol. The van der Waals surface area contributed by atoms with E-state index in [0.29, 0.717) is 14.4 Å². The van der Waals surface area contributed by atoms with Crippen LogP contribution in [0.3, 0.4) is 0 Å².